The van der Waals surface area contributed by atoms with Gasteiger partial charge >= 0.3 is 0 Å². The zero-order chi connectivity index (χ0) is 49.6. The highest BCUT2D eigenvalue weighted by Gasteiger charge is 2.22. The number of hydrogen-bond acceptors (Lipinski definition) is 0. The summed E-state index contributed by atoms with van der Waals surface area (Å²) in [5, 5.41) is 4.38. The Kier molecular flexibility index (Phi) is 4.57. The summed E-state index contributed by atoms with van der Waals surface area (Å²) in [5.41, 5.74) is 5.39. The molecule has 0 saturated carbocycles. The van der Waals surface area contributed by atoms with Crippen LogP contribution in [0.2, 0.25) is 0 Å². The monoisotopic (exact) mass is 739 g/mol. The third-order valence-corrected chi connectivity index (χ3v) is 10.9. The van der Waals surface area contributed by atoms with Crippen molar-refractivity contribution in [2.75, 3.05) is 0 Å². The van der Waals surface area contributed by atoms with Gasteiger partial charge in [-0.2, -0.15) is 0 Å². The van der Waals surface area contributed by atoms with Crippen LogP contribution in [-0.4, -0.2) is 13.7 Å². The summed E-state index contributed by atoms with van der Waals surface area (Å²) in [4.78, 5) is 0. The van der Waals surface area contributed by atoms with Gasteiger partial charge in [0.05, 0.1) is 58.0 Å². The molecule has 3 heterocycles. The van der Waals surface area contributed by atoms with Gasteiger partial charge in [0.1, 0.15) is 0 Å². The first kappa shape index (κ1) is 20.9. The first-order valence-corrected chi connectivity index (χ1v) is 18.5. The number of nitrogens with zero attached hydrogens (tertiary/aromatic N) is 3. The minimum Gasteiger partial charge on any atom is -0.309 e. The number of aromatic nitrogens is 3. The molecule has 0 fully saturated rings. The highest BCUT2D eigenvalue weighted by Crippen LogP contribution is 2.43. The zero-order valence-electron chi connectivity index (χ0n) is 44.0. The van der Waals surface area contributed by atoms with E-state index in [9.17, 15) is 6.85 Å². The van der Waals surface area contributed by atoms with Crippen molar-refractivity contribution in [3.8, 4) is 39.3 Å². The van der Waals surface area contributed by atoms with Gasteiger partial charge in [0.2, 0.25) is 0 Å². The number of fused-ring (bicyclic) bond motifs is 9. The van der Waals surface area contributed by atoms with E-state index in [0.29, 0.717) is 43.8 Å². The highest BCUT2D eigenvalue weighted by atomic mass is 15.0. The Labute approximate surface area is 349 Å². The number of para-hydroxylation sites is 5. The van der Waals surface area contributed by atoms with Crippen molar-refractivity contribution >= 4 is 65.4 Å². The fraction of sp³-hybridized carbons (Fsp3) is 0. The predicted molar refractivity (Wildman–Crippen MR) is 240 cm³/mol. The molecule has 57 heavy (non-hydrogen) atoms. The predicted octanol–water partition coefficient (Wildman–Crippen LogP) is 14.3. The van der Waals surface area contributed by atoms with Crippen LogP contribution in [0.5, 0.6) is 0 Å². The van der Waals surface area contributed by atoms with Crippen LogP contribution in [0.1, 0.15) is 19.2 Å². The first-order valence-electron chi connectivity index (χ1n) is 25.5. The molecule has 0 bridgehead atoms. The number of hydrogen-bond donors (Lipinski definition) is 0. The van der Waals surface area contributed by atoms with E-state index >= 15 is 0 Å². The molecule has 0 saturated heterocycles. The van der Waals surface area contributed by atoms with Crippen molar-refractivity contribution in [1.29, 1.82) is 0 Å². The molecule has 0 aliphatic carbocycles. The lowest BCUT2D eigenvalue weighted by Crippen LogP contribution is -2.01. The Morgan fingerprint density at radius 1 is 0.298 bits per heavy atom. The minimum absolute atomic E-state index is 0.138. The maximum absolute atomic E-state index is 9.22. The molecule has 12 aromatic rings. The van der Waals surface area contributed by atoms with Crippen LogP contribution < -0.4 is 0 Å². The smallest absolute Gasteiger partial charge is 0.0645 e. The van der Waals surface area contributed by atoms with Crippen molar-refractivity contribution < 1.29 is 19.2 Å². The molecule has 0 aliphatic heterocycles. The van der Waals surface area contributed by atoms with Crippen LogP contribution in [0.3, 0.4) is 0 Å². The molecule has 9 aromatic carbocycles. The van der Waals surface area contributed by atoms with Crippen LogP contribution in [0, 0.1) is 0 Å². The van der Waals surface area contributed by atoms with Crippen LogP contribution in [0.25, 0.3) is 105 Å². The summed E-state index contributed by atoms with van der Waals surface area (Å²) < 4.78 is 130. The zero-order valence-corrected chi connectivity index (χ0v) is 30.0. The second-order valence-corrected chi connectivity index (χ2v) is 13.9. The van der Waals surface area contributed by atoms with Gasteiger partial charge in [-0.25, -0.2) is 0 Å². The lowest BCUT2D eigenvalue weighted by molar-refractivity contribution is 1.16. The Balaban J connectivity index is 1.27. The molecule has 0 radical (unpaired) electrons. The second-order valence-electron chi connectivity index (χ2n) is 13.9. The van der Waals surface area contributed by atoms with E-state index in [1.807, 2.05) is 106 Å². The normalized spacial score (nSPS) is 15.3. The summed E-state index contributed by atoms with van der Waals surface area (Å²) in [5.74, 6) is 0. The molecule has 12 rings (SSSR count). The Hall–Kier alpha value is -7.62. The third-order valence-electron chi connectivity index (χ3n) is 10.9. The van der Waals surface area contributed by atoms with Gasteiger partial charge in [0, 0.05) is 54.8 Å². The van der Waals surface area contributed by atoms with Crippen LogP contribution in [0.15, 0.2) is 212 Å². The maximum atomic E-state index is 9.22. The fourth-order valence-electron chi connectivity index (χ4n) is 8.61. The molecule has 0 aliphatic rings. The lowest BCUT2D eigenvalue weighted by atomic mass is 9.95. The van der Waals surface area contributed by atoms with E-state index in [2.05, 4.69) is 16.7 Å². The van der Waals surface area contributed by atoms with Gasteiger partial charge in [-0.3, -0.25) is 0 Å². The topological polar surface area (TPSA) is 14.8 Å². The van der Waals surface area contributed by atoms with Gasteiger partial charge in [0.15, 0.2) is 0 Å². The third kappa shape index (κ3) is 4.73. The van der Waals surface area contributed by atoms with Gasteiger partial charge in [-0.1, -0.05) is 151 Å². The molecule has 0 spiro atoms. The second kappa shape index (κ2) is 12.5. The lowest BCUT2D eigenvalue weighted by Gasteiger charge is -2.19. The molecule has 3 heteroatoms. The van der Waals surface area contributed by atoms with Crippen molar-refractivity contribution in [3.63, 3.8) is 0 Å². The molecular weight excluding hydrogens is 691 g/mol. The Morgan fingerprint density at radius 3 is 1.25 bits per heavy atom. The van der Waals surface area contributed by atoms with Gasteiger partial charge < -0.3 is 13.7 Å². The Bertz CT molecular complexity index is 4160. The largest absolute Gasteiger partial charge is 0.309 e. The molecule has 0 amide bonds. The molecule has 3 aromatic heterocycles. The average Bonchev–Trinajstić information content (AvgIpc) is 4.03. The molecule has 0 unspecified atom stereocenters. The van der Waals surface area contributed by atoms with E-state index < -0.39 is 60.4 Å². The fourth-order valence-corrected chi connectivity index (χ4v) is 8.61. The minimum atomic E-state index is -0.594. The molecule has 3 nitrogen and oxygen atoms in total. The molecule has 0 atom stereocenters. The van der Waals surface area contributed by atoms with Crippen molar-refractivity contribution in [3.05, 3.63) is 212 Å². The van der Waals surface area contributed by atoms with E-state index in [1.165, 1.54) is 0 Å². The first-order chi connectivity index (χ1) is 34.1. The van der Waals surface area contributed by atoms with Crippen LogP contribution in [0.4, 0.5) is 0 Å². The standard InChI is InChI=1S/C54H35N3/c1-3-16-36(17-4-1)40-24-15-25-41(37-18-5-2-6-19-37)54(40)57-52-32-30-38(55-48-26-11-7-20-42(48)43-21-8-12-27-49(43)55)34-46(52)47-35-39(31-33-53(47)57)56-50-28-13-9-22-44(50)45-23-10-14-29-51(45)56/h1-35H/i1D,2D,3D,4D,5D,6D,7D,11D,16D,17D,18D,19D,20D,26D. The van der Waals surface area contributed by atoms with E-state index in [0.717, 1.165) is 27.5 Å². The van der Waals surface area contributed by atoms with Crippen molar-refractivity contribution in [1.82, 2.24) is 13.7 Å². The summed E-state index contributed by atoms with van der Waals surface area (Å²) in [6.07, 6.45) is 0. The number of benzene rings is 9. The maximum Gasteiger partial charge on any atom is 0.0645 e. The summed E-state index contributed by atoms with van der Waals surface area (Å²) >= 11 is 0. The van der Waals surface area contributed by atoms with Crippen LogP contribution in [-0.2, 0) is 0 Å². The molecule has 0 N–H and O–H groups in total. The number of rotatable bonds is 5. The van der Waals surface area contributed by atoms with E-state index in [1.54, 1.807) is 18.2 Å². The van der Waals surface area contributed by atoms with E-state index in [4.69, 9.17) is 12.3 Å². The van der Waals surface area contributed by atoms with Crippen molar-refractivity contribution in [2.45, 2.75) is 0 Å². The highest BCUT2D eigenvalue weighted by molar-refractivity contribution is 6.14. The van der Waals surface area contributed by atoms with Crippen LogP contribution >= 0.6 is 0 Å². The quantitative estimate of drug-likeness (QED) is 0.167. The molecular formula is C54H35N3. The SMILES string of the molecule is [2H]c1c([2H])c([2H])c(-c2cccc(-c3c([2H])c([2H])c([2H])c([2H])c3[2H])c2-n2c3ccc(-n4c5ccccc5c5ccccc54)cc3c3cc(-n4c5ccccc5c5c([2H])c([2H])c([2H])c([2H])c54)ccc32)c([2H])c1[2H]. The summed E-state index contributed by atoms with van der Waals surface area (Å²) in [6, 6.07) is 33.2. The van der Waals surface area contributed by atoms with Crippen molar-refractivity contribution in [2.24, 2.45) is 0 Å². The van der Waals surface area contributed by atoms with Gasteiger partial charge in [-0.15, -0.1) is 0 Å². The Morgan fingerprint density at radius 2 is 0.719 bits per heavy atom. The van der Waals surface area contributed by atoms with Gasteiger partial charge in [0.25, 0.3) is 0 Å². The van der Waals surface area contributed by atoms with Gasteiger partial charge in [-0.05, 0) is 71.8 Å². The summed E-state index contributed by atoms with van der Waals surface area (Å²) in [6.45, 7) is 0. The summed E-state index contributed by atoms with van der Waals surface area (Å²) in [7, 11) is 0. The van der Waals surface area contributed by atoms with E-state index in [-0.39, 0.29) is 57.6 Å². The molecule has 266 valence electrons. The average molecular weight is 740 g/mol.